The average Bonchev–Trinajstić information content (AvgIpc) is 3.08. The minimum Gasteiger partial charge on any atom is -0.744 e. The van der Waals surface area contributed by atoms with Crippen molar-refractivity contribution >= 4 is 10.1 Å². The first-order valence-electron chi connectivity index (χ1n) is 21.0. The minimum atomic E-state index is -4.68. The molecule has 0 unspecified atom stereocenters. The van der Waals surface area contributed by atoms with Crippen molar-refractivity contribution in [2.75, 3.05) is 19.8 Å². The summed E-state index contributed by atoms with van der Waals surface area (Å²) >= 11 is 0. The number of hydrogen-bond donors (Lipinski definition) is 0. The molecule has 1 aromatic carbocycles. The van der Waals surface area contributed by atoms with E-state index in [0.717, 1.165) is 38.5 Å². The van der Waals surface area contributed by atoms with E-state index in [0.29, 0.717) is 37.1 Å². The highest BCUT2D eigenvalue weighted by Gasteiger charge is 2.18. The van der Waals surface area contributed by atoms with Crippen molar-refractivity contribution in [3.8, 4) is 17.2 Å². The second-order valence-corrected chi connectivity index (χ2v) is 15.7. The molecule has 288 valence electrons. The fraction of sp³-hybridized carbons (Fsp3) is 0.857. The van der Waals surface area contributed by atoms with Gasteiger partial charge < -0.3 is 18.8 Å². The van der Waals surface area contributed by atoms with Crippen LogP contribution in [-0.4, -0.2) is 32.8 Å². The largest absolute Gasteiger partial charge is 0.744 e. The zero-order valence-corrected chi connectivity index (χ0v) is 33.2. The summed E-state index contributed by atoms with van der Waals surface area (Å²) in [4.78, 5) is -0.324. The third-order valence-electron chi connectivity index (χ3n) is 9.54. The summed E-state index contributed by atoms with van der Waals surface area (Å²) in [5, 5.41) is 0. The summed E-state index contributed by atoms with van der Waals surface area (Å²) in [7, 11) is -4.68. The number of hydrogen-bond acceptors (Lipinski definition) is 6. The molecule has 0 radical (unpaired) electrons. The van der Waals surface area contributed by atoms with Crippen LogP contribution >= 0.6 is 0 Å². The van der Waals surface area contributed by atoms with Gasteiger partial charge in [0, 0.05) is 12.1 Å². The van der Waals surface area contributed by atoms with Gasteiger partial charge in [0.25, 0.3) is 0 Å². The molecule has 0 N–H and O–H groups in total. The highest BCUT2D eigenvalue weighted by Crippen LogP contribution is 2.41. The van der Waals surface area contributed by atoms with Crippen molar-refractivity contribution < 1.29 is 27.2 Å². The van der Waals surface area contributed by atoms with E-state index in [2.05, 4.69) is 20.8 Å². The molecule has 0 aliphatic carbocycles. The summed E-state index contributed by atoms with van der Waals surface area (Å²) < 4.78 is 54.9. The Hall–Kier alpha value is -1.47. The van der Waals surface area contributed by atoms with E-state index in [4.69, 9.17) is 14.2 Å². The third-order valence-corrected chi connectivity index (χ3v) is 10.4. The lowest BCUT2D eigenvalue weighted by Gasteiger charge is -2.20. The molecule has 49 heavy (non-hydrogen) atoms. The maximum absolute atomic E-state index is 12.1. The van der Waals surface area contributed by atoms with E-state index in [-0.39, 0.29) is 4.90 Å². The molecule has 0 aliphatic rings. The van der Waals surface area contributed by atoms with Crippen molar-refractivity contribution in [2.24, 2.45) is 0 Å². The van der Waals surface area contributed by atoms with Crippen LogP contribution in [0.15, 0.2) is 17.0 Å². The molecule has 0 atom stereocenters. The molecular weight excluding hydrogens is 633 g/mol. The van der Waals surface area contributed by atoms with Gasteiger partial charge in [-0.05, 0) is 19.3 Å². The summed E-state index contributed by atoms with van der Waals surface area (Å²) in [6.07, 6.45) is 36.8. The SMILES string of the molecule is CCCCCCCCCCCCOc1cc(S(=O)(=O)[O-])cc(OCCCCCCCCCCCC)c1OCCCCCCCCCCCC. The van der Waals surface area contributed by atoms with E-state index < -0.39 is 10.1 Å². The van der Waals surface area contributed by atoms with Crippen molar-refractivity contribution in [3.05, 3.63) is 12.1 Å². The van der Waals surface area contributed by atoms with Gasteiger partial charge in [-0.25, -0.2) is 8.42 Å². The highest BCUT2D eigenvalue weighted by molar-refractivity contribution is 7.85. The molecule has 0 bridgehead atoms. The normalized spacial score (nSPS) is 11.7. The Kier molecular flexibility index (Phi) is 30.2. The van der Waals surface area contributed by atoms with Gasteiger partial charge in [-0.15, -0.1) is 0 Å². The summed E-state index contributed by atoms with van der Waals surface area (Å²) in [6.45, 7) is 8.15. The van der Waals surface area contributed by atoms with Crippen LogP contribution in [-0.2, 0) is 10.1 Å². The molecule has 0 spiro atoms. The van der Waals surface area contributed by atoms with Gasteiger partial charge in [0.2, 0.25) is 5.75 Å². The van der Waals surface area contributed by atoms with E-state index in [1.165, 1.54) is 166 Å². The van der Waals surface area contributed by atoms with E-state index >= 15 is 0 Å². The van der Waals surface area contributed by atoms with Gasteiger partial charge in [-0.2, -0.15) is 0 Å². The topological polar surface area (TPSA) is 84.9 Å². The average molecular weight is 710 g/mol. The maximum Gasteiger partial charge on any atom is 0.203 e. The van der Waals surface area contributed by atoms with Crippen LogP contribution < -0.4 is 14.2 Å². The van der Waals surface area contributed by atoms with E-state index in [1.54, 1.807) is 0 Å². The third kappa shape index (κ3) is 26.0. The molecule has 0 aliphatic heterocycles. The lowest BCUT2D eigenvalue weighted by Crippen LogP contribution is -2.08. The van der Waals surface area contributed by atoms with Crippen molar-refractivity contribution in [1.82, 2.24) is 0 Å². The van der Waals surface area contributed by atoms with Gasteiger partial charge in [0.15, 0.2) is 11.5 Å². The lowest BCUT2D eigenvalue weighted by atomic mass is 10.1. The Morgan fingerprint density at radius 3 is 0.918 bits per heavy atom. The second kappa shape index (κ2) is 32.4. The lowest BCUT2D eigenvalue weighted by molar-refractivity contribution is 0.233. The van der Waals surface area contributed by atoms with Crippen LogP contribution in [0.1, 0.15) is 213 Å². The van der Waals surface area contributed by atoms with Gasteiger partial charge in [0.05, 0.1) is 24.7 Å². The zero-order chi connectivity index (χ0) is 35.7. The standard InChI is InChI=1S/C42H78O6S/c1-4-7-10-13-16-19-22-25-28-31-34-46-40-37-39(49(43,44)45)38-41(47-35-32-29-26-23-20-17-14-11-8-5-2)42(40)48-36-33-30-27-24-21-18-15-12-9-6-3/h37-38H,4-36H2,1-3H3,(H,43,44,45)/p-1. The Bertz CT molecular complexity index is 932. The predicted molar refractivity (Wildman–Crippen MR) is 206 cm³/mol. The smallest absolute Gasteiger partial charge is 0.203 e. The molecule has 0 saturated carbocycles. The highest BCUT2D eigenvalue weighted by atomic mass is 32.2. The van der Waals surface area contributed by atoms with Crippen LogP contribution in [0.5, 0.6) is 17.2 Å². The van der Waals surface area contributed by atoms with Crippen LogP contribution in [0.3, 0.4) is 0 Å². The zero-order valence-electron chi connectivity index (χ0n) is 32.3. The number of rotatable bonds is 37. The van der Waals surface area contributed by atoms with Crippen molar-refractivity contribution in [3.63, 3.8) is 0 Å². The molecular formula is C42H77O6S-. The van der Waals surface area contributed by atoms with Crippen LogP contribution in [0, 0.1) is 0 Å². The molecule has 0 amide bonds. The monoisotopic (exact) mass is 710 g/mol. The van der Waals surface area contributed by atoms with Crippen LogP contribution in [0.25, 0.3) is 0 Å². The molecule has 0 saturated heterocycles. The number of ether oxygens (including phenoxy) is 3. The Morgan fingerprint density at radius 2 is 0.653 bits per heavy atom. The van der Waals surface area contributed by atoms with Gasteiger partial charge >= 0.3 is 0 Å². The van der Waals surface area contributed by atoms with Crippen molar-refractivity contribution in [2.45, 2.75) is 218 Å². The predicted octanol–water partition coefficient (Wildman–Crippen LogP) is 13.5. The molecule has 1 aromatic rings. The summed E-state index contributed by atoms with van der Waals surface area (Å²) in [5.74, 6) is 1.04. The maximum atomic E-state index is 12.1. The second-order valence-electron chi connectivity index (χ2n) is 14.3. The molecule has 6 nitrogen and oxygen atoms in total. The Labute approximate surface area is 304 Å². The minimum absolute atomic E-state index is 0.304. The van der Waals surface area contributed by atoms with Crippen LogP contribution in [0.2, 0.25) is 0 Å². The summed E-state index contributed by atoms with van der Waals surface area (Å²) in [5.41, 5.74) is 0. The van der Waals surface area contributed by atoms with Crippen LogP contribution in [0.4, 0.5) is 0 Å². The van der Waals surface area contributed by atoms with Gasteiger partial charge in [0.1, 0.15) is 10.1 Å². The quantitative estimate of drug-likeness (QED) is 0.0505. The van der Waals surface area contributed by atoms with E-state index in [1.807, 2.05) is 0 Å². The molecule has 0 heterocycles. The molecule has 0 aromatic heterocycles. The Morgan fingerprint density at radius 1 is 0.408 bits per heavy atom. The fourth-order valence-corrected chi connectivity index (χ4v) is 6.86. The van der Waals surface area contributed by atoms with Gasteiger partial charge in [-0.1, -0.05) is 194 Å². The molecule has 1 rings (SSSR count). The van der Waals surface area contributed by atoms with Gasteiger partial charge in [-0.3, -0.25) is 0 Å². The molecule has 7 heteroatoms. The Balaban J connectivity index is 2.69. The number of benzene rings is 1. The first-order chi connectivity index (χ1) is 23.9. The fourth-order valence-electron chi connectivity index (χ4n) is 6.36. The first-order valence-corrected chi connectivity index (χ1v) is 22.4. The first kappa shape index (κ1) is 45.6. The molecule has 0 fully saturated rings. The number of unbranched alkanes of at least 4 members (excludes halogenated alkanes) is 27. The van der Waals surface area contributed by atoms with E-state index in [9.17, 15) is 13.0 Å². The van der Waals surface area contributed by atoms with Crippen molar-refractivity contribution in [1.29, 1.82) is 0 Å². The summed E-state index contributed by atoms with van der Waals surface area (Å²) in [6, 6.07) is 2.67.